The molecule has 0 radical (unpaired) electrons. The van der Waals surface area contributed by atoms with Crippen LogP contribution in [0.2, 0.25) is 0 Å². The normalized spacial score (nSPS) is 12.6. The standard InChI is InChI=1S/C13H14F2N2/c1-16-13(12-3-2-6-17-12)8-9-4-5-10(14)11(15)7-9/h2-7,13,16-17H,8H2,1H3. The molecule has 1 unspecified atom stereocenters. The maximum Gasteiger partial charge on any atom is 0.159 e. The van der Waals surface area contributed by atoms with Crippen molar-refractivity contribution in [1.29, 1.82) is 0 Å². The maximum atomic E-state index is 13.1. The molecule has 1 aromatic carbocycles. The summed E-state index contributed by atoms with van der Waals surface area (Å²) in [6, 6.07) is 7.93. The van der Waals surface area contributed by atoms with Gasteiger partial charge in [0.25, 0.3) is 0 Å². The molecule has 1 heterocycles. The molecule has 0 bridgehead atoms. The summed E-state index contributed by atoms with van der Waals surface area (Å²) < 4.78 is 25.9. The van der Waals surface area contributed by atoms with Crippen molar-refractivity contribution in [3.05, 3.63) is 59.4 Å². The highest BCUT2D eigenvalue weighted by Crippen LogP contribution is 2.18. The van der Waals surface area contributed by atoms with Gasteiger partial charge in [-0.1, -0.05) is 6.07 Å². The van der Waals surface area contributed by atoms with E-state index in [1.807, 2.05) is 25.4 Å². The Bertz CT molecular complexity index is 480. The quantitative estimate of drug-likeness (QED) is 0.839. The molecular weight excluding hydrogens is 222 g/mol. The fourth-order valence-electron chi connectivity index (χ4n) is 1.83. The van der Waals surface area contributed by atoms with Crippen molar-refractivity contribution < 1.29 is 8.78 Å². The summed E-state index contributed by atoms with van der Waals surface area (Å²) in [7, 11) is 1.84. The summed E-state index contributed by atoms with van der Waals surface area (Å²) in [6.07, 6.45) is 2.44. The zero-order valence-electron chi connectivity index (χ0n) is 9.50. The predicted molar refractivity (Wildman–Crippen MR) is 62.7 cm³/mol. The van der Waals surface area contributed by atoms with Crippen molar-refractivity contribution in [2.45, 2.75) is 12.5 Å². The molecule has 2 rings (SSSR count). The van der Waals surface area contributed by atoms with Gasteiger partial charge in [0.2, 0.25) is 0 Å². The minimum Gasteiger partial charge on any atom is -0.364 e. The summed E-state index contributed by atoms with van der Waals surface area (Å²) in [5, 5.41) is 3.14. The predicted octanol–water partition coefficient (Wildman–Crippen LogP) is 2.80. The van der Waals surface area contributed by atoms with Crippen molar-refractivity contribution in [1.82, 2.24) is 10.3 Å². The molecule has 0 fully saturated rings. The van der Waals surface area contributed by atoms with Crippen LogP contribution in [0.15, 0.2) is 36.5 Å². The second-order valence-electron chi connectivity index (χ2n) is 3.92. The second kappa shape index (κ2) is 5.10. The first kappa shape index (κ1) is 11.8. The van der Waals surface area contributed by atoms with E-state index in [9.17, 15) is 8.78 Å². The molecule has 90 valence electrons. The van der Waals surface area contributed by atoms with Crippen molar-refractivity contribution in [2.24, 2.45) is 0 Å². The minimum atomic E-state index is -0.811. The van der Waals surface area contributed by atoms with Crippen LogP contribution < -0.4 is 5.32 Å². The largest absolute Gasteiger partial charge is 0.364 e. The van der Waals surface area contributed by atoms with E-state index in [1.54, 1.807) is 6.07 Å². The fraction of sp³-hybridized carbons (Fsp3) is 0.231. The highest BCUT2D eigenvalue weighted by molar-refractivity contribution is 5.21. The molecule has 0 aliphatic heterocycles. The first-order chi connectivity index (χ1) is 8.20. The smallest absolute Gasteiger partial charge is 0.159 e. The molecule has 0 saturated carbocycles. The van der Waals surface area contributed by atoms with E-state index in [0.717, 1.165) is 17.3 Å². The Morgan fingerprint density at radius 2 is 2.06 bits per heavy atom. The van der Waals surface area contributed by atoms with Crippen LogP contribution in [0.3, 0.4) is 0 Å². The van der Waals surface area contributed by atoms with Crippen molar-refractivity contribution in [3.63, 3.8) is 0 Å². The van der Waals surface area contributed by atoms with Gasteiger partial charge in [-0.25, -0.2) is 8.78 Å². The Kier molecular flexibility index (Phi) is 3.54. The zero-order valence-corrected chi connectivity index (χ0v) is 9.50. The summed E-state index contributed by atoms with van der Waals surface area (Å²) in [6.45, 7) is 0. The number of H-pyrrole nitrogens is 1. The Morgan fingerprint density at radius 1 is 1.24 bits per heavy atom. The summed E-state index contributed by atoms with van der Waals surface area (Å²) in [5.41, 5.74) is 1.79. The Morgan fingerprint density at radius 3 is 2.65 bits per heavy atom. The minimum absolute atomic E-state index is 0.0647. The van der Waals surface area contributed by atoms with Gasteiger partial charge in [-0.15, -0.1) is 0 Å². The number of aromatic amines is 1. The maximum absolute atomic E-state index is 13.1. The van der Waals surface area contributed by atoms with Gasteiger partial charge in [-0.3, -0.25) is 0 Å². The van der Waals surface area contributed by atoms with Crippen molar-refractivity contribution in [3.8, 4) is 0 Å². The van der Waals surface area contributed by atoms with Crippen molar-refractivity contribution in [2.75, 3.05) is 7.05 Å². The average Bonchev–Trinajstić information content (AvgIpc) is 2.84. The van der Waals surface area contributed by atoms with Crippen molar-refractivity contribution >= 4 is 0 Å². The molecule has 4 heteroatoms. The van der Waals surface area contributed by atoms with Gasteiger partial charge < -0.3 is 10.3 Å². The molecule has 0 aliphatic rings. The topological polar surface area (TPSA) is 27.8 Å². The van der Waals surface area contributed by atoms with E-state index in [0.29, 0.717) is 6.42 Å². The third-order valence-electron chi connectivity index (χ3n) is 2.77. The number of aromatic nitrogens is 1. The molecule has 2 N–H and O–H groups in total. The summed E-state index contributed by atoms with van der Waals surface area (Å²) >= 11 is 0. The SMILES string of the molecule is CNC(Cc1ccc(F)c(F)c1)c1ccc[nH]1. The summed E-state index contributed by atoms with van der Waals surface area (Å²) in [5.74, 6) is -1.61. The molecule has 1 aromatic heterocycles. The van der Waals surface area contributed by atoms with Gasteiger partial charge in [0.1, 0.15) is 0 Å². The van der Waals surface area contributed by atoms with E-state index >= 15 is 0 Å². The Hall–Kier alpha value is -1.68. The van der Waals surface area contributed by atoms with Gasteiger partial charge >= 0.3 is 0 Å². The summed E-state index contributed by atoms with van der Waals surface area (Å²) in [4.78, 5) is 3.10. The second-order valence-corrected chi connectivity index (χ2v) is 3.92. The molecular formula is C13H14F2N2. The van der Waals surface area contributed by atoms with Gasteiger partial charge in [-0.2, -0.15) is 0 Å². The molecule has 2 aromatic rings. The first-order valence-electron chi connectivity index (χ1n) is 5.45. The molecule has 0 saturated heterocycles. The number of hydrogen-bond acceptors (Lipinski definition) is 1. The highest BCUT2D eigenvalue weighted by atomic mass is 19.2. The molecule has 0 spiro atoms. The number of likely N-dealkylation sites (N-methyl/N-ethyl adjacent to an activating group) is 1. The lowest BCUT2D eigenvalue weighted by molar-refractivity contribution is 0.504. The van der Waals surface area contributed by atoms with Crippen LogP contribution in [0.5, 0.6) is 0 Å². The van der Waals surface area contributed by atoms with Gasteiger partial charge in [0.05, 0.1) is 6.04 Å². The fourth-order valence-corrected chi connectivity index (χ4v) is 1.83. The van der Waals surface area contributed by atoms with Gasteiger partial charge in [0, 0.05) is 11.9 Å². The molecule has 0 aliphatic carbocycles. The van der Waals surface area contributed by atoms with E-state index in [1.165, 1.54) is 6.07 Å². The van der Waals surface area contributed by atoms with Crippen LogP contribution in [-0.4, -0.2) is 12.0 Å². The van der Waals surface area contributed by atoms with E-state index in [4.69, 9.17) is 0 Å². The molecule has 2 nitrogen and oxygen atoms in total. The van der Waals surface area contributed by atoms with Gasteiger partial charge in [-0.05, 0) is 43.3 Å². The van der Waals surface area contributed by atoms with Crippen LogP contribution in [0, 0.1) is 11.6 Å². The average molecular weight is 236 g/mol. The highest BCUT2D eigenvalue weighted by Gasteiger charge is 2.12. The lowest BCUT2D eigenvalue weighted by Gasteiger charge is -2.15. The lowest BCUT2D eigenvalue weighted by Crippen LogP contribution is -2.19. The molecule has 17 heavy (non-hydrogen) atoms. The van der Waals surface area contributed by atoms with E-state index < -0.39 is 11.6 Å². The Balaban J connectivity index is 2.16. The third kappa shape index (κ3) is 2.71. The van der Waals surface area contributed by atoms with Gasteiger partial charge in [0.15, 0.2) is 11.6 Å². The number of halogens is 2. The number of benzene rings is 1. The lowest BCUT2D eigenvalue weighted by atomic mass is 10.0. The zero-order chi connectivity index (χ0) is 12.3. The monoisotopic (exact) mass is 236 g/mol. The molecule has 0 amide bonds. The van der Waals surface area contributed by atoms with Crippen LogP contribution >= 0.6 is 0 Å². The number of rotatable bonds is 4. The third-order valence-corrected chi connectivity index (χ3v) is 2.77. The first-order valence-corrected chi connectivity index (χ1v) is 5.45. The van der Waals surface area contributed by atoms with Crippen LogP contribution in [0.25, 0.3) is 0 Å². The number of hydrogen-bond donors (Lipinski definition) is 2. The van der Waals surface area contributed by atoms with E-state index in [2.05, 4.69) is 10.3 Å². The van der Waals surface area contributed by atoms with Crippen LogP contribution in [0.1, 0.15) is 17.3 Å². The molecule has 1 atom stereocenters. The Labute approximate surface area is 98.7 Å². The number of nitrogens with one attached hydrogen (secondary N) is 2. The van der Waals surface area contributed by atoms with Crippen LogP contribution in [-0.2, 0) is 6.42 Å². The van der Waals surface area contributed by atoms with E-state index in [-0.39, 0.29) is 6.04 Å². The van der Waals surface area contributed by atoms with Crippen LogP contribution in [0.4, 0.5) is 8.78 Å².